The quantitative estimate of drug-likeness (QED) is 0.659. The van der Waals surface area contributed by atoms with E-state index >= 15 is 0 Å². The van der Waals surface area contributed by atoms with Gasteiger partial charge in [-0.2, -0.15) is 0 Å². The highest BCUT2D eigenvalue weighted by atomic mass is 79.9. The maximum atomic E-state index is 12.9. The molecule has 1 unspecified atom stereocenters. The highest BCUT2D eigenvalue weighted by molar-refractivity contribution is 9.10. The summed E-state index contributed by atoms with van der Waals surface area (Å²) in [6, 6.07) is 11.2. The van der Waals surface area contributed by atoms with Crippen LogP contribution in [-0.4, -0.2) is 25.8 Å². The van der Waals surface area contributed by atoms with Gasteiger partial charge in [0.25, 0.3) is 0 Å². The van der Waals surface area contributed by atoms with Crippen LogP contribution in [0.2, 0.25) is 0 Å². The lowest BCUT2D eigenvalue weighted by Crippen LogP contribution is -2.21. The molecular weight excluding hydrogens is 379 g/mol. The summed E-state index contributed by atoms with van der Waals surface area (Å²) in [5, 5.41) is 0. The Kier molecular flexibility index (Phi) is 6.61. The Hall–Kier alpha value is -2.08. The van der Waals surface area contributed by atoms with Crippen molar-refractivity contribution in [1.82, 2.24) is 0 Å². The van der Waals surface area contributed by atoms with Gasteiger partial charge in [0.2, 0.25) is 0 Å². The zero-order chi connectivity index (χ0) is 17.5. The van der Waals surface area contributed by atoms with Gasteiger partial charge in [0.1, 0.15) is 30.0 Å². The minimum Gasteiger partial charge on any atom is -0.490 e. The number of hydrogen-bond donors (Lipinski definition) is 0. The smallest absolute Gasteiger partial charge is 0.310 e. The van der Waals surface area contributed by atoms with Crippen molar-refractivity contribution in [3.05, 3.63) is 58.3 Å². The topological polar surface area (TPSA) is 44.8 Å². The van der Waals surface area contributed by atoms with Crippen LogP contribution in [0.4, 0.5) is 4.39 Å². The summed E-state index contributed by atoms with van der Waals surface area (Å²) in [4.78, 5) is 11.3. The molecule has 0 radical (unpaired) electrons. The Bertz CT molecular complexity index is 688. The Balaban J connectivity index is 1.88. The first-order valence-corrected chi connectivity index (χ1v) is 8.17. The van der Waals surface area contributed by atoms with Crippen molar-refractivity contribution >= 4 is 21.9 Å². The minimum atomic E-state index is -0.303. The van der Waals surface area contributed by atoms with Gasteiger partial charge in [-0.3, -0.25) is 4.79 Å². The fraction of sp³-hybridized carbons (Fsp3) is 0.278. The molecule has 0 bridgehead atoms. The van der Waals surface area contributed by atoms with Crippen LogP contribution in [0.5, 0.6) is 11.5 Å². The molecule has 0 saturated heterocycles. The van der Waals surface area contributed by atoms with Crippen molar-refractivity contribution in [2.75, 3.05) is 13.7 Å². The molecule has 2 aromatic carbocycles. The van der Waals surface area contributed by atoms with Crippen molar-refractivity contribution in [2.45, 2.75) is 19.4 Å². The number of hydrogen-bond acceptors (Lipinski definition) is 4. The SMILES string of the molecule is COC(=O)Cc1ccc(OCC(C)Oc2ccc(F)cc2)cc1Br. The van der Waals surface area contributed by atoms with Gasteiger partial charge < -0.3 is 14.2 Å². The highest BCUT2D eigenvalue weighted by Gasteiger charge is 2.10. The molecule has 0 aliphatic heterocycles. The molecule has 4 nitrogen and oxygen atoms in total. The van der Waals surface area contributed by atoms with E-state index in [2.05, 4.69) is 20.7 Å². The summed E-state index contributed by atoms with van der Waals surface area (Å²) in [6.45, 7) is 2.20. The van der Waals surface area contributed by atoms with E-state index in [4.69, 9.17) is 9.47 Å². The third kappa shape index (κ3) is 5.53. The van der Waals surface area contributed by atoms with Gasteiger partial charge in [0.05, 0.1) is 13.5 Å². The maximum Gasteiger partial charge on any atom is 0.310 e. The summed E-state index contributed by atoms with van der Waals surface area (Å²) in [6.07, 6.45) is -0.00877. The van der Waals surface area contributed by atoms with E-state index in [1.807, 2.05) is 13.0 Å². The zero-order valence-corrected chi connectivity index (χ0v) is 15.0. The van der Waals surface area contributed by atoms with Crippen molar-refractivity contribution in [1.29, 1.82) is 0 Å². The van der Waals surface area contributed by atoms with Gasteiger partial charge in [-0.1, -0.05) is 22.0 Å². The van der Waals surface area contributed by atoms with Crippen LogP contribution in [-0.2, 0) is 16.0 Å². The van der Waals surface area contributed by atoms with Crippen LogP contribution < -0.4 is 9.47 Å². The van der Waals surface area contributed by atoms with E-state index in [0.717, 1.165) is 10.0 Å². The fourth-order valence-corrected chi connectivity index (χ4v) is 2.48. The van der Waals surface area contributed by atoms with Gasteiger partial charge >= 0.3 is 5.97 Å². The van der Waals surface area contributed by atoms with E-state index in [1.54, 1.807) is 24.3 Å². The summed E-state index contributed by atoms with van der Waals surface area (Å²) in [5.41, 5.74) is 0.824. The van der Waals surface area contributed by atoms with Crippen LogP contribution in [0.3, 0.4) is 0 Å². The van der Waals surface area contributed by atoms with E-state index in [0.29, 0.717) is 18.1 Å². The zero-order valence-electron chi connectivity index (χ0n) is 13.4. The molecule has 128 valence electrons. The second-order valence-electron chi connectivity index (χ2n) is 5.20. The number of carbonyl (C=O) groups excluding carboxylic acids is 1. The normalized spacial score (nSPS) is 11.7. The molecule has 2 aromatic rings. The fourth-order valence-electron chi connectivity index (χ4n) is 1.98. The summed E-state index contributed by atoms with van der Waals surface area (Å²) in [7, 11) is 1.36. The summed E-state index contributed by atoms with van der Waals surface area (Å²) < 4.78 is 29.6. The highest BCUT2D eigenvalue weighted by Crippen LogP contribution is 2.24. The summed E-state index contributed by atoms with van der Waals surface area (Å²) >= 11 is 3.42. The lowest BCUT2D eigenvalue weighted by Gasteiger charge is -2.16. The molecule has 24 heavy (non-hydrogen) atoms. The molecule has 0 aliphatic rings. The first-order chi connectivity index (χ1) is 11.5. The first kappa shape index (κ1) is 18.3. The molecular formula is C18H18BrFO4. The summed E-state index contributed by atoms with van der Waals surface area (Å²) in [5.74, 6) is 0.640. The minimum absolute atomic E-state index is 0.196. The number of ether oxygens (including phenoxy) is 3. The molecule has 0 aliphatic carbocycles. The van der Waals surface area contributed by atoms with Gasteiger partial charge in [-0.05, 0) is 48.9 Å². The number of rotatable bonds is 7. The molecule has 0 heterocycles. The van der Waals surface area contributed by atoms with E-state index in [1.165, 1.54) is 19.2 Å². The van der Waals surface area contributed by atoms with E-state index in [-0.39, 0.29) is 24.3 Å². The predicted octanol–water partition coefficient (Wildman–Crippen LogP) is 4.15. The maximum absolute atomic E-state index is 12.9. The number of methoxy groups -OCH3 is 1. The standard InChI is InChI=1S/C18H18BrFO4/c1-12(24-15-7-4-14(20)5-8-15)11-23-16-6-3-13(17(19)10-16)9-18(21)22-2/h3-8,10,12H,9,11H2,1-2H3. The molecule has 6 heteroatoms. The van der Waals surface area contributed by atoms with Gasteiger partial charge in [0.15, 0.2) is 0 Å². The van der Waals surface area contributed by atoms with Gasteiger partial charge in [-0.15, -0.1) is 0 Å². The third-order valence-electron chi connectivity index (χ3n) is 3.22. The largest absolute Gasteiger partial charge is 0.490 e. The van der Waals surface area contributed by atoms with Crippen molar-refractivity contribution < 1.29 is 23.4 Å². The molecule has 0 fully saturated rings. The molecule has 1 atom stereocenters. The average molecular weight is 397 g/mol. The van der Waals surface area contributed by atoms with Crippen LogP contribution in [0.15, 0.2) is 46.9 Å². The number of carbonyl (C=O) groups is 1. The average Bonchev–Trinajstić information content (AvgIpc) is 2.57. The Morgan fingerprint density at radius 2 is 1.83 bits per heavy atom. The van der Waals surface area contributed by atoms with Crippen molar-refractivity contribution in [2.24, 2.45) is 0 Å². The van der Waals surface area contributed by atoms with Crippen molar-refractivity contribution in [3.63, 3.8) is 0 Å². The lowest BCUT2D eigenvalue weighted by atomic mass is 10.1. The van der Waals surface area contributed by atoms with Crippen molar-refractivity contribution in [3.8, 4) is 11.5 Å². The third-order valence-corrected chi connectivity index (χ3v) is 3.96. The number of halogens is 2. The number of benzene rings is 2. The second kappa shape index (κ2) is 8.68. The second-order valence-corrected chi connectivity index (χ2v) is 6.05. The Morgan fingerprint density at radius 3 is 2.46 bits per heavy atom. The van der Waals surface area contributed by atoms with Gasteiger partial charge in [-0.25, -0.2) is 4.39 Å². The van der Waals surface area contributed by atoms with Gasteiger partial charge in [0, 0.05) is 4.47 Å². The monoisotopic (exact) mass is 396 g/mol. The predicted molar refractivity (Wildman–Crippen MR) is 91.8 cm³/mol. The van der Waals surface area contributed by atoms with Crippen LogP contribution in [0, 0.1) is 5.82 Å². The van der Waals surface area contributed by atoms with Crippen LogP contribution in [0.25, 0.3) is 0 Å². The van der Waals surface area contributed by atoms with Crippen LogP contribution in [0.1, 0.15) is 12.5 Å². The molecule has 0 amide bonds. The lowest BCUT2D eigenvalue weighted by molar-refractivity contribution is -0.139. The molecule has 0 saturated carbocycles. The molecule has 0 aromatic heterocycles. The van der Waals surface area contributed by atoms with Crippen LogP contribution >= 0.6 is 15.9 Å². The first-order valence-electron chi connectivity index (χ1n) is 7.38. The molecule has 2 rings (SSSR count). The molecule has 0 spiro atoms. The van der Waals surface area contributed by atoms with E-state index in [9.17, 15) is 9.18 Å². The molecule has 0 N–H and O–H groups in total. The Morgan fingerprint density at radius 1 is 1.17 bits per heavy atom. The van der Waals surface area contributed by atoms with E-state index < -0.39 is 0 Å². The Labute approximate surface area is 148 Å². The number of esters is 1.